The number of hydrogen-bond donors (Lipinski definition) is 1. The second-order valence-corrected chi connectivity index (χ2v) is 6.04. The summed E-state index contributed by atoms with van der Waals surface area (Å²) in [7, 11) is 0. The molecule has 1 aliphatic heterocycles. The second-order valence-electron chi connectivity index (χ2n) is 4.72. The summed E-state index contributed by atoms with van der Waals surface area (Å²) in [6.45, 7) is 6.88. The van der Waals surface area contributed by atoms with Crippen LogP contribution in [0, 0.1) is 0 Å². The third kappa shape index (κ3) is 5.40. The molecule has 0 spiro atoms. The Hall–Kier alpha value is -0.130. The molecule has 0 atom stereocenters. The average molecular weight is 348 g/mol. The Morgan fingerprint density at radius 2 is 2.11 bits per heavy atom. The Balaban J connectivity index is 1.61. The van der Waals surface area contributed by atoms with Crippen LogP contribution in [-0.2, 0) is 11.3 Å². The van der Waals surface area contributed by atoms with Crippen LogP contribution in [0.4, 0.5) is 0 Å². The maximum Gasteiger partial charge on any atom is 0.0594 e. The monoisotopic (exact) mass is 346 g/mol. The van der Waals surface area contributed by atoms with Crippen LogP contribution in [0.25, 0.3) is 0 Å². The Bertz CT molecular complexity index is 397. The van der Waals surface area contributed by atoms with Gasteiger partial charge in [0.25, 0.3) is 0 Å². The van der Waals surface area contributed by atoms with Crippen molar-refractivity contribution in [2.24, 2.45) is 0 Å². The number of ether oxygens (including phenoxy) is 1. The fraction of sp³-hybridized carbons (Fsp3) is 0.571. The summed E-state index contributed by atoms with van der Waals surface area (Å²) in [6.07, 6.45) is 1.16. The maximum absolute atomic E-state index is 6.17. The normalized spacial score (nSPS) is 16.7. The number of nitrogens with one attached hydrogen (secondary N) is 1. The molecule has 1 aromatic rings. The van der Waals surface area contributed by atoms with Gasteiger partial charge in [0.1, 0.15) is 0 Å². The summed E-state index contributed by atoms with van der Waals surface area (Å²) >= 11 is 9.58. The van der Waals surface area contributed by atoms with E-state index in [1.807, 2.05) is 12.1 Å². The molecule has 3 nitrogen and oxygen atoms in total. The largest absolute Gasteiger partial charge is 0.379 e. The van der Waals surface area contributed by atoms with Gasteiger partial charge in [-0.25, -0.2) is 0 Å². The van der Waals surface area contributed by atoms with Gasteiger partial charge in [0.05, 0.1) is 13.2 Å². The van der Waals surface area contributed by atoms with Crippen LogP contribution in [0.5, 0.6) is 0 Å². The van der Waals surface area contributed by atoms with Crippen LogP contribution in [0.15, 0.2) is 22.7 Å². The number of halogens is 2. The Kier molecular flexibility index (Phi) is 6.61. The molecule has 19 heavy (non-hydrogen) atoms. The van der Waals surface area contributed by atoms with Crippen molar-refractivity contribution in [1.29, 1.82) is 0 Å². The van der Waals surface area contributed by atoms with E-state index >= 15 is 0 Å². The number of hydrogen-bond acceptors (Lipinski definition) is 3. The van der Waals surface area contributed by atoms with Gasteiger partial charge in [0.15, 0.2) is 0 Å². The zero-order valence-electron chi connectivity index (χ0n) is 11.0. The van der Waals surface area contributed by atoms with Crippen molar-refractivity contribution in [3.8, 4) is 0 Å². The fourth-order valence-corrected chi connectivity index (χ4v) is 2.88. The van der Waals surface area contributed by atoms with Gasteiger partial charge in [-0.05, 0) is 37.2 Å². The lowest BCUT2D eigenvalue weighted by molar-refractivity contribution is 0.0374. The summed E-state index contributed by atoms with van der Waals surface area (Å²) in [5.41, 5.74) is 1.15. The SMILES string of the molecule is Clc1cc(Br)ccc1CNCCCN1CCOCC1. The van der Waals surface area contributed by atoms with Gasteiger partial charge in [-0.2, -0.15) is 0 Å². The van der Waals surface area contributed by atoms with Gasteiger partial charge in [-0.15, -0.1) is 0 Å². The fourth-order valence-electron chi connectivity index (χ4n) is 2.14. The zero-order chi connectivity index (χ0) is 13.5. The van der Waals surface area contributed by atoms with Gasteiger partial charge in [0, 0.05) is 29.1 Å². The summed E-state index contributed by atoms with van der Waals surface area (Å²) in [4.78, 5) is 2.46. The first-order chi connectivity index (χ1) is 9.25. The molecule has 1 saturated heterocycles. The topological polar surface area (TPSA) is 24.5 Å². The predicted molar refractivity (Wildman–Crippen MR) is 82.7 cm³/mol. The third-order valence-corrected chi connectivity index (χ3v) is 4.11. The smallest absolute Gasteiger partial charge is 0.0594 e. The van der Waals surface area contributed by atoms with Crippen molar-refractivity contribution in [2.75, 3.05) is 39.4 Å². The van der Waals surface area contributed by atoms with Crippen molar-refractivity contribution < 1.29 is 4.74 Å². The Morgan fingerprint density at radius 3 is 2.84 bits per heavy atom. The highest BCUT2D eigenvalue weighted by atomic mass is 79.9. The molecule has 0 unspecified atom stereocenters. The molecule has 1 aromatic carbocycles. The lowest BCUT2D eigenvalue weighted by Crippen LogP contribution is -2.37. The molecule has 0 aromatic heterocycles. The van der Waals surface area contributed by atoms with E-state index in [1.54, 1.807) is 0 Å². The van der Waals surface area contributed by atoms with Crippen LogP contribution in [0.2, 0.25) is 5.02 Å². The molecular formula is C14H20BrClN2O. The Labute approximate surface area is 128 Å². The van der Waals surface area contributed by atoms with Gasteiger partial charge in [0.2, 0.25) is 0 Å². The molecule has 0 radical (unpaired) electrons. The minimum Gasteiger partial charge on any atom is -0.379 e. The highest BCUT2D eigenvalue weighted by molar-refractivity contribution is 9.10. The van der Waals surface area contributed by atoms with Crippen LogP contribution in [0.3, 0.4) is 0 Å². The summed E-state index contributed by atoms with van der Waals surface area (Å²) in [5.74, 6) is 0. The number of benzene rings is 1. The maximum atomic E-state index is 6.17. The average Bonchev–Trinajstić information content (AvgIpc) is 2.42. The van der Waals surface area contributed by atoms with Gasteiger partial charge in [-0.1, -0.05) is 33.6 Å². The highest BCUT2D eigenvalue weighted by Crippen LogP contribution is 2.21. The van der Waals surface area contributed by atoms with Crippen molar-refractivity contribution in [3.05, 3.63) is 33.3 Å². The summed E-state index contributed by atoms with van der Waals surface area (Å²) in [5, 5.41) is 4.26. The first kappa shape index (κ1) is 15.3. The van der Waals surface area contributed by atoms with E-state index in [9.17, 15) is 0 Å². The van der Waals surface area contributed by atoms with Crippen molar-refractivity contribution in [1.82, 2.24) is 10.2 Å². The zero-order valence-corrected chi connectivity index (χ0v) is 13.3. The van der Waals surface area contributed by atoms with Crippen molar-refractivity contribution in [3.63, 3.8) is 0 Å². The molecule has 1 heterocycles. The minimum absolute atomic E-state index is 0.815. The standard InChI is InChI=1S/C14H20BrClN2O/c15-13-3-2-12(14(16)10-13)11-17-4-1-5-18-6-8-19-9-7-18/h2-3,10,17H,1,4-9,11H2. The molecular weight excluding hydrogens is 328 g/mol. The first-order valence-corrected chi connectivity index (χ1v) is 7.87. The van der Waals surface area contributed by atoms with Gasteiger partial charge < -0.3 is 10.1 Å². The number of nitrogens with zero attached hydrogens (tertiary/aromatic N) is 1. The van der Waals surface area contributed by atoms with Crippen LogP contribution in [-0.4, -0.2) is 44.3 Å². The van der Waals surface area contributed by atoms with Crippen LogP contribution >= 0.6 is 27.5 Å². The first-order valence-electron chi connectivity index (χ1n) is 6.70. The van der Waals surface area contributed by atoms with E-state index in [4.69, 9.17) is 16.3 Å². The van der Waals surface area contributed by atoms with Gasteiger partial charge in [-0.3, -0.25) is 4.90 Å². The van der Waals surface area contributed by atoms with E-state index in [0.29, 0.717) is 0 Å². The van der Waals surface area contributed by atoms with E-state index in [0.717, 1.165) is 67.4 Å². The summed E-state index contributed by atoms with van der Waals surface area (Å²) in [6, 6.07) is 6.02. The quantitative estimate of drug-likeness (QED) is 0.801. The molecule has 1 fully saturated rings. The summed E-state index contributed by atoms with van der Waals surface area (Å²) < 4.78 is 6.35. The van der Waals surface area contributed by atoms with Crippen molar-refractivity contribution >= 4 is 27.5 Å². The van der Waals surface area contributed by atoms with E-state index in [-0.39, 0.29) is 0 Å². The molecule has 0 amide bonds. The van der Waals surface area contributed by atoms with Crippen LogP contribution < -0.4 is 5.32 Å². The van der Waals surface area contributed by atoms with Crippen LogP contribution in [0.1, 0.15) is 12.0 Å². The molecule has 106 valence electrons. The molecule has 0 aliphatic carbocycles. The van der Waals surface area contributed by atoms with Crippen molar-refractivity contribution in [2.45, 2.75) is 13.0 Å². The lowest BCUT2D eigenvalue weighted by Gasteiger charge is -2.26. The minimum atomic E-state index is 0.815. The molecule has 2 rings (SSSR count). The van der Waals surface area contributed by atoms with E-state index in [1.165, 1.54) is 0 Å². The Morgan fingerprint density at radius 1 is 1.32 bits per heavy atom. The number of morpholine rings is 1. The highest BCUT2D eigenvalue weighted by Gasteiger charge is 2.09. The van der Waals surface area contributed by atoms with Gasteiger partial charge >= 0.3 is 0 Å². The third-order valence-electron chi connectivity index (χ3n) is 3.26. The van der Waals surface area contributed by atoms with E-state index in [2.05, 4.69) is 32.2 Å². The second kappa shape index (κ2) is 8.22. The predicted octanol–water partition coefficient (Wildman–Crippen LogP) is 2.91. The molecule has 5 heteroatoms. The van der Waals surface area contributed by atoms with E-state index < -0.39 is 0 Å². The molecule has 1 N–H and O–H groups in total. The number of rotatable bonds is 6. The molecule has 1 aliphatic rings. The lowest BCUT2D eigenvalue weighted by atomic mass is 10.2. The molecule has 0 saturated carbocycles. The molecule has 0 bridgehead atoms.